The lowest BCUT2D eigenvalue weighted by atomic mass is 9.85. The van der Waals surface area contributed by atoms with Crippen LogP contribution in [0.4, 0.5) is 4.79 Å². The summed E-state index contributed by atoms with van der Waals surface area (Å²) in [6.07, 6.45) is 1.93. The van der Waals surface area contributed by atoms with Crippen molar-refractivity contribution in [1.82, 2.24) is 10.6 Å². The van der Waals surface area contributed by atoms with E-state index in [1.165, 1.54) is 0 Å². The minimum Gasteiger partial charge on any atom is -0.481 e. The highest BCUT2D eigenvalue weighted by molar-refractivity contribution is 5.84. The van der Waals surface area contributed by atoms with Crippen LogP contribution >= 0.6 is 0 Å². The first kappa shape index (κ1) is 23.8. The van der Waals surface area contributed by atoms with Crippen molar-refractivity contribution >= 4 is 18.0 Å². The van der Waals surface area contributed by atoms with Crippen LogP contribution in [0.3, 0.4) is 0 Å². The molecule has 0 bridgehead atoms. The van der Waals surface area contributed by atoms with Gasteiger partial charge < -0.3 is 20.5 Å². The zero-order valence-corrected chi connectivity index (χ0v) is 19.7. The second-order valence-corrected chi connectivity index (χ2v) is 9.55. The van der Waals surface area contributed by atoms with E-state index in [9.17, 15) is 19.5 Å². The van der Waals surface area contributed by atoms with E-state index in [2.05, 4.69) is 34.9 Å². The first-order chi connectivity index (χ1) is 16.3. The van der Waals surface area contributed by atoms with Crippen molar-refractivity contribution in [2.24, 2.45) is 11.3 Å². The van der Waals surface area contributed by atoms with Gasteiger partial charge in [-0.25, -0.2) is 4.79 Å². The Morgan fingerprint density at radius 3 is 2.24 bits per heavy atom. The third-order valence-electron chi connectivity index (χ3n) is 7.44. The second-order valence-electron chi connectivity index (χ2n) is 9.55. The number of nitrogens with one attached hydrogen (secondary N) is 2. The Hall–Kier alpha value is -3.35. The Kier molecular flexibility index (Phi) is 6.91. The summed E-state index contributed by atoms with van der Waals surface area (Å²) in [6, 6.07) is 15.9. The average Bonchev–Trinajstić information content (AvgIpc) is 3.44. The van der Waals surface area contributed by atoms with Crippen LogP contribution in [0.5, 0.6) is 0 Å². The van der Waals surface area contributed by atoms with Crippen molar-refractivity contribution in [3.63, 3.8) is 0 Å². The fourth-order valence-electron chi connectivity index (χ4n) is 5.05. The van der Waals surface area contributed by atoms with Gasteiger partial charge in [0.05, 0.1) is 11.3 Å². The highest BCUT2D eigenvalue weighted by Gasteiger charge is 2.39. The van der Waals surface area contributed by atoms with Crippen LogP contribution in [0.25, 0.3) is 11.1 Å². The summed E-state index contributed by atoms with van der Waals surface area (Å²) in [5, 5.41) is 15.0. The van der Waals surface area contributed by atoms with E-state index < -0.39 is 23.4 Å². The summed E-state index contributed by atoms with van der Waals surface area (Å²) in [7, 11) is 0. The van der Waals surface area contributed by atoms with Crippen LogP contribution in [0.2, 0.25) is 0 Å². The van der Waals surface area contributed by atoms with Gasteiger partial charge in [-0.3, -0.25) is 9.59 Å². The molecule has 0 aliphatic heterocycles. The molecule has 2 aliphatic rings. The predicted octanol–water partition coefficient (Wildman–Crippen LogP) is 4.31. The van der Waals surface area contributed by atoms with E-state index in [-0.39, 0.29) is 31.0 Å². The molecule has 0 aromatic heterocycles. The normalized spacial score (nSPS) is 20.6. The van der Waals surface area contributed by atoms with Crippen LogP contribution in [0.15, 0.2) is 48.5 Å². The zero-order valence-electron chi connectivity index (χ0n) is 19.7. The van der Waals surface area contributed by atoms with Crippen LogP contribution in [0.1, 0.15) is 56.6 Å². The van der Waals surface area contributed by atoms with E-state index in [4.69, 9.17) is 4.74 Å². The molecule has 0 saturated heterocycles. The van der Waals surface area contributed by atoms with Gasteiger partial charge in [0.15, 0.2) is 0 Å². The maximum absolute atomic E-state index is 13.0. The number of hydrogen-bond acceptors (Lipinski definition) is 4. The number of rotatable bonds is 8. The molecule has 3 atom stereocenters. The quantitative estimate of drug-likeness (QED) is 0.540. The summed E-state index contributed by atoms with van der Waals surface area (Å²) in [5.74, 6) is -1.71. The number of hydrogen-bond donors (Lipinski definition) is 3. The van der Waals surface area contributed by atoms with Gasteiger partial charge in [-0.05, 0) is 48.4 Å². The molecule has 4 rings (SSSR count). The maximum Gasteiger partial charge on any atom is 0.407 e. The third kappa shape index (κ3) is 4.65. The molecule has 3 N–H and O–H groups in total. The van der Waals surface area contributed by atoms with Crippen molar-refractivity contribution in [1.29, 1.82) is 0 Å². The maximum atomic E-state index is 13.0. The molecule has 0 spiro atoms. The van der Waals surface area contributed by atoms with E-state index in [0.717, 1.165) is 28.7 Å². The van der Waals surface area contributed by atoms with Gasteiger partial charge in [0.2, 0.25) is 5.91 Å². The number of carboxylic acid groups (broad SMARTS) is 1. The molecule has 1 fully saturated rings. The zero-order chi connectivity index (χ0) is 24.3. The van der Waals surface area contributed by atoms with Crippen molar-refractivity contribution in [3.8, 4) is 11.1 Å². The smallest absolute Gasteiger partial charge is 0.407 e. The molecular weight excluding hydrogens is 432 g/mol. The van der Waals surface area contributed by atoms with Gasteiger partial charge in [0.25, 0.3) is 0 Å². The van der Waals surface area contributed by atoms with Gasteiger partial charge in [-0.15, -0.1) is 0 Å². The molecule has 34 heavy (non-hydrogen) atoms. The fourth-order valence-corrected chi connectivity index (χ4v) is 5.05. The first-order valence-electron chi connectivity index (χ1n) is 12.0. The third-order valence-corrected chi connectivity index (χ3v) is 7.44. The lowest BCUT2D eigenvalue weighted by molar-refractivity contribution is -0.142. The molecule has 180 valence electrons. The number of ether oxygens (including phenoxy) is 1. The van der Waals surface area contributed by atoms with Gasteiger partial charge >= 0.3 is 12.1 Å². The van der Waals surface area contributed by atoms with Gasteiger partial charge in [-0.2, -0.15) is 0 Å². The van der Waals surface area contributed by atoms with Crippen LogP contribution in [-0.4, -0.2) is 42.3 Å². The number of carbonyl (C=O) groups is 3. The van der Waals surface area contributed by atoms with Crippen LogP contribution in [-0.2, 0) is 14.3 Å². The Morgan fingerprint density at radius 1 is 1.03 bits per heavy atom. The summed E-state index contributed by atoms with van der Waals surface area (Å²) in [4.78, 5) is 37.0. The number of carboxylic acids is 1. The Balaban J connectivity index is 1.34. The average molecular weight is 465 g/mol. The molecule has 0 heterocycles. The summed E-state index contributed by atoms with van der Waals surface area (Å²) < 4.78 is 5.58. The lowest BCUT2D eigenvalue weighted by Crippen LogP contribution is -2.51. The largest absolute Gasteiger partial charge is 0.481 e. The molecule has 2 aliphatic carbocycles. The van der Waals surface area contributed by atoms with E-state index >= 15 is 0 Å². The molecule has 0 radical (unpaired) electrons. The number of alkyl carbamates (subject to hydrolysis) is 1. The highest BCUT2D eigenvalue weighted by Crippen LogP contribution is 2.44. The van der Waals surface area contributed by atoms with E-state index in [1.54, 1.807) is 6.92 Å². The Morgan fingerprint density at radius 2 is 1.65 bits per heavy atom. The molecule has 1 unspecified atom stereocenters. The number of aliphatic carboxylic acids is 1. The highest BCUT2D eigenvalue weighted by atomic mass is 16.5. The standard InChI is InChI=1S/C27H32N2O5/c1-3-27(2,25(32)29-23-14-8-13-21(23)24(30)31)16-28-26(33)34-15-22-19-11-6-4-9-17(19)18-10-5-7-12-20(18)22/h4-7,9-12,21-23H,3,8,13-16H2,1-2H3,(H,28,33)(H,29,32)(H,30,31)/t21-,23+,27?/m0/s1. The SMILES string of the molecule is CCC(C)(CNC(=O)OCC1c2ccccc2-c2ccccc21)C(=O)N[C@@H]1CCC[C@@H]1C(=O)O. The molecule has 2 aromatic rings. The molecule has 7 heteroatoms. The van der Waals surface area contributed by atoms with Crippen LogP contribution < -0.4 is 10.6 Å². The minimum absolute atomic E-state index is 0.0330. The molecular formula is C27H32N2O5. The summed E-state index contributed by atoms with van der Waals surface area (Å²) in [6.45, 7) is 3.97. The number of amides is 2. The van der Waals surface area contributed by atoms with Crippen molar-refractivity contribution in [2.45, 2.75) is 51.5 Å². The topological polar surface area (TPSA) is 105 Å². The monoisotopic (exact) mass is 464 g/mol. The number of benzene rings is 2. The van der Waals surface area contributed by atoms with Crippen LogP contribution in [0, 0.1) is 11.3 Å². The van der Waals surface area contributed by atoms with Crippen molar-refractivity contribution < 1.29 is 24.2 Å². The number of carbonyl (C=O) groups excluding carboxylic acids is 2. The minimum atomic E-state index is -0.877. The molecule has 2 amide bonds. The summed E-state index contributed by atoms with van der Waals surface area (Å²) >= 11 is 0. The molecule has 7 nitrogen and oxygen atoms in total. The van der Waals surface area contributed by atoms with Gasteiger partial charge in [0, 0.05) is 18.5 Å². The molecule has 1 saturated carbocycles. The summed E-state index contributed by atoms with van der Waals surface area (Å²) in [5.41, 5.74) is 3.73. The van der Waals surface area contributed by atoms with Gasteiger partial charge in [0.1, 0.15) is 6.61 Å². The van der Waals surface area contributed by atoms with E-state index in [0.29, 0.717) is 19.3 Å². The Bertz CT molecular complexity index is 1040. The molecule has 2 aromatic carbocycles. The van der Waals surface area contributed by atoms with Gasteiger partial charge in [-0.1, -0.05) is 61.9 Å². The number of fused-ring (bicyclic) bond motifs is 3. The fraction of sp³-hybridized carbons (Fsp3) is 0.444. The van der Waals surface area contributed by atoms with Crippen molar-refractivity contribution in [2.75, 3.05) is 13.2 Å². The second kappa shape index (κ2) is 9.87. The lowest BCUT2D eigenvalue weighted by Gasteiger charge is -2.30. The van der Waals surface area contributed by atoms with E-state index in [1.807, 2.05) is 31.2 Å². The first-order valence-corrected chi connectivity index (χ1v) is 12.0. The predicted molar refractivity (Wildman–Crippen MR) is 128 cm³/mol. The van der Waals surface area contributed by atoms with Crippen molar-refractivity contribution in [3.05, 3.63) is 59.7 Å². The Labute approximate surface area is 199 Å².